The first-order valence-corrected chi connectivity index (χ1v) is 6.98. The summed E-state index contributed by atoms with van der Waals surface area (Å²) in [6.45, 7) is 19.2. The molecule has 1 aliphatic rings. The van der Waals surface area contributed by atoms with Gasteiger partial charge in [0.25, 0.3) is 0 Å². The number of rotatable bonds is 5. The molecule has 102 valence electrons. The van der Waals surface area contributed by atoms with Gasteiger partial charge in [0.05, 0.1) is 6.61 Å². The van der Waals surface area contributed by atoms with E-state index < -0.39 is 0 Å². The van der Waals surface area contributed by atoms with Crippen LogP contribution in [0.2, 0.25) is 0 Å². The number of hydrogen-bond acceptors (Lipinski definition) is 2. The maximum absolute atomic E-state index is 5.70. The van der Waals surface area contributed by atoms with Crippen molar-refractivity contribution in [3.63, 3.8) is 0 Å². The zero-order chi connectivity index (χ0) is 13.1. The normalized spacial score (nSPS) is 19.4. The van der Waals surface area contributed by atoms with E-state index in [4.69, 9.17) is 4.74 Å². The predicted octanol–water partition coefficient (Wildman–Crippen LogP) is 3.42. The third-order valence-corrected chi connectivity index (χ3v) is 3.73. The molecule has 0 atom stereocenters. The minimum absolute atomic E-state index is 0.397. The van der Waals surface area contributed by atoms with Crippen molar-refractivity contribution in [3.8, 4) is 0 Å². The summed E-state index contributed by atoms with van der Waals surface area (Å²) in [6.07, 6.45) is 1.15. The van der Waals surface area contributed by atoms with Crippen LogP contribution in [0.4, 0.5) is 0 Å². The van der Waals surface area contributed by atoms with E-state index in [0.29, 0.717) is 10.8 Å². The van der Waals surface area contributed by atoms with Crippen molar-refractivity contribution >= 4 is 0 Å². The summed E-state index contributed by atoms with van der Waals surface area (Å²) in [7, 11) is 0. The molecule has 0 amide bonds. The van der Waals surface area contributed by atoms with Crippen LogP contribution >= 0.6 is 0 Å². The molecule has 0 aliphatic carbocycles. The minimum atomic E-state index is 0.397. The molecular weight excluding hydrogens is 210 g/mol. The van der Waals surface area contributed by atoms with Crippen molar-refractivity contribution in [3.05, 3.63) is 0 Å². The van der Waals surface area contributed by atoms with E-state index >= 15 is 0 Å². The van der Waals surface area contributed by atoms with Crippen molar-refractivity contribution in [1.29, 1.82) is 0 Å². The molecule has 0 N–H and O–H groups in total. The van der Waals surface area contributed by atoms with Gasteiger partial charge in [0.2, 0.25) is 0 Å². The summed E-state index contributed by atoms with van der Waals surface area (Å²) >= 11 is 0. The second-order valence-corrected chi connectivity index (χ2v) is 7.75. The van der Waals surface area contributed by atoms with Crippen LogP contribution in [0.1, 0.15) is 48.0 Å². The molecule has 0 aromatic heterocycles. The molecule has 1 aliphatic heterocycles. The molecular formula is C15H31NO. The van der Waals surface area contributed by atoms with Gasteiger partial charge in [0.15, 0.2) is 0 Å². The molecule has 1 heterocycles. The molecule has 1 fully saturated rings. The Labute approximate surface area is 108 Å². The quantitative estimate of drug-likeness (QED) is 0.684. The lowest BCUT2D eigenvalue weighted by Crippen LogP contribution is -2.52. The molecule has 0 aromatic carbocycles. The average Bonchev–Trinajstić information content (AvgIpc) is 2.02. The van der Waals surface area contributed by atoms with Gasteiger partial charge in [-0.15, -0.1) is 0 Å². The highest BCUT2D eigenvalue weighted by Gasteiger charge is 2.35. The van der Waals surface area contributed by atoms with Crippen LogP contribution in [0.3, 0.4) is 0 Å². The van der Waals surface area contributed by atoms with Crippen molar-refractivity contribution in [2.45, 2.75) is 48.0 Å². The fourth-order valence-corrected chi connectivity index (χ4v) is 1.97. The first-order valence-electron chi connectivity index (χ1n) is 6.98. The minimum Gasteiger partial charge on any atom is -0.380 e. The van der Waals surface area contributed by atoms with E-state index in [1.165, 1.54) is 13.1 Å². The van der Waals surface area contributed by atoms with Crippen LogP contribution in [-0.2, 0) is 4.74 Å². The van der Waals surface area contributed by atoms with Gasteiger partial charge in [0, 0.05) is 26.2 Å². The van der Waals surface area contributed by atoms with Crippen LogP contribution < -0.4 is 0 Å². The number of ether oxygens (including phenoxy) is 1. The highest BCUT2D eigenvalue weighted by molar-refractivity contribution is 4.87. The van der Waals surface area contributed by atoms with Crippen molar-refractivity contribution in [2.75, 3.05) is 32.8 Å². The van der Waals surface area contributed by atoms with Crippen LogP contribution in [0.25, 0.3) is 0 Å². The Morgan fingerprint density at radius 2 is 1.59 bits per heavy atom. The third-order valence-electron chi connectivity index (χ3n) is 3.73. The van der Waals surface area contributed by atoms with Crippen LogP contribution in [0.5, 0.6) is 0 Å². The molecule has 0 spiro atoms. The molecule has 0 bridgehead atoms. The van der Waals surface area contributed by atoms with E-state index in [0.717, 1.165) is 32.1 Å². The van der Waals surface area contributed by atoms with Crippen LogP contribution in [-0.4, -0.2) is 37.7 Å². The van der Waals surface area contributed by atoms with Gasteiger partial charge >= 0.3 is 0 Å². The topological polar surface area (TPSA) is 12.5 Å². The fraction of sp³-hybridized carbons (Fsp3) is 1.00. The third kappa shape index (κ3) is 5.87. The second-order valence-electron chi connectivity index (χ2n) is 7.75. The number of hydrogen-bond donors (Lipinski definition) is 0. The Balaban J connectivity index is 1.97. The van der Waals surface area contributed by atoms with Gasteiger partial charge in [-0.1, -0.05) is 41.5 Å². The Morgan fingerprint density at radius 3 is 2.06 bits per heavy atom. The maximum Gasteiger partial charge on any atom is 0.0593 e. The van der Waals surface area contributed by atoms with E-state index in [1.54, 1.807) is 0 Å². The average molecular weight is 241 g/mol. The Bertz CT molecular complexity index is 218. The van der Waals surface area contributed by atoms with Gasteiger partial charge in [-0.25, -0.2) is 0 Å². The summed E-state index contributed by atoms with van der Waals surface area (Å²) in [5.41, 5.74) is 0.873. The lowest BCUT2D eigenvalue weighted by Gasteiger charge is -2.46. The first-order chi connectivity index (χ1) is 7.68. The van der Waals surface area contributed by atoms with Gasteiger partial charge in [0.1, 0.15) is 0 Å². The van der Waals surface area contributed by atoms with E-state index in [9.17, 15) is 0 Å². The number of likely N-dealkylation sites (tertiary alicyclic amines) is 1. The van der Waals surface area contributed by atoms with E-state index in [1.807, 2.05) is 0 Å². The Hall–Kier alpha value is -0.0800. The monoisotopic (exact) mass is 241 g/mol. The van der Waals surface area contributed by atoms with Gasteiger partial charge in [-0.2, -0.15) is 0 Å². The highest BCUT2D eigenvalue weighted by atomic mass is 16.5. The zero-order valence-corrected chi connectivity index (χ0v) is 12.7. The van der Waals surface area contributed by atoms with Crippen LogP contribution in [0, 0.1) is 16.7 Å². The number of nitrogens with zero attached hydrogens (tertiary/aromatic N) is 1. The van der Waals surface area contributed by atoms with Crippen molar-refractivity contribution in [2.24, 2.45) is 16.7 Å². The first kappa shape index (κ1) is 15.0. The second kappa shape index (κ2) is 5.71. The lowest BCUT2D eigenvalue weighted by atomic mass is 9.76. The summed E-state index contributed by atoms with van der Waals surface area (Å²) in [5, 5.41) is 0. The fourth-order valence-electron chi connectivity index (χ4n) is 1.97. The SMILES string of the molecule is CC(C)(C)CCOCCN1CC(C(C)(C)C)C1. The molecule has 17 heavy (non-hydrogen) atoms. The maximum atomic E-state index is 5.70. The summed E-state index contributed by atoms with van der Waals surface area (Å²) < 4.78 is 5.70. The molecule has 0 aromatic rings. The van der Waals surface area contributed by atoms with Gasteiger partial charge in [-0.05, 0) is 23.2 Å². The molecule has 1 saturated heterocycles. The summed E-state index contributed by atoms with van der Waals surface area (Å²) in [4.78, 5) is 2.51. The molecule has 2 heteroatoms. The van der Waals surface area contributed by atoms with E-state index in [-0.39, 0.29) is 0 Å². The van der Waals surface area contributed by atoms with E-state index in [2.05, 4.69) is 46.4 Å². The van der Waals surface area contributed by atoms with Crippen molar-refractivity contribution < 1.29 is 4.74 Å². The molecule has 1 rings (SSSR count). The molecule has 2 nitrogen and oxygen atoms in total. The molecule has 0 unspecified atom stereocenters. The summed E-state index contributed by atoms with van der Waals surface area (Å²) in [6, 6.07) is 0. The largest absolute Gasteiger partial charge is 0.380 e. The standard InChI is InChI=1S/C15H31NO/c1-14(2,3)7-9-17-10-8-16-11-13(12-16)15(4,5)6/h13H,7-12H2,1-6H3. The molecule has 0 saturated carbocycles. The highest BCUT2D eigenvalue weighted by Crippen LogP contribution is 2.33. The van der Waals surface area contributed by atoms with Crippen LogP contribution in [0.15, 0.2) is 0 Å². The van der Waals surface area contributed by atoms with Gasteiger partial charge < -0.3 is 9.64 Å². The van der Waals surface area contributed by atoms with Crippen molar-refractivity contribution in [1.82, 2.24) is 4.90 Å². The van der Waals surface area contributed by atoms with Gasteiger partial charge in [-0.3, -0.25) is 0 Å². The molecule has 0 radical (unpaired) electrons. The predicted molar refractivity (Wildman–Crippen MR) is 74.3 cm³/mol. The zero-order valence-electron chi connectivity index (χ0n) is 12.7. The Morgan fingerprint density at radius 1 is 1.00 bits per heavy atom. The summed E-state index contributed by atoms with van der Waals surface area (Å²) in [5.74, 6) is 0.872. The lowest BCUT2D eigenvalue weighted by molar-refractivity contribution is -0.000554. The Kier molecular flexibility index (Phi) is 5.03. The smallest absolute Gasteiger partial charge is 0.0593 e.